The molecule has 0 spiro atoms. The summed E-state index contributed by atoms with van der Waals surface area (Å²) < 4.78 is 9.28. The minimum Gasteiger partial charge on any atom is -0.469 e. The highest BCUT2D eigenvalue weighted by molar-refractivity contribution is 5.90. The molecule has 0 aliphatic rings. The number of carbonyl (C=O) groups is 4. The zero-order valence-corrected chi connectivity index (χ0v) is 15.2. The Labute approximate surface area is 142 Å². The molecule has 0 aromatic carbocycles. The van der Waals surface area contributed by atoms with Gasteiger partial charge in [0.25, 0.3) is 0 Å². The molecule has 8 heteroatoms. The Bertz CT molecular complexity index is 463. The normalized spacial score (nSPS) is 14.3. The number of nitrogens with one attached hydrogen (secondary N) is 2. The molecule has 0 bridgehead atoms. The third-order valence-corrected chi connectivity index (χ3v) is 3.44. The van der Waals surface area contributed by atoms with Crippen molar-refractivity contribution in [3.8, 4) is 0 Å². The van der Waals surface area contributed by atoms with Gasteiger partial charge in [-0.3, -0.25) is 14.4 Å². The SMILES string of the molecule is COC(=O)C[C@H](C)[C@@H](NC(=O)[C@H](CC(C)C)NC(C)=O)C(=O)OC. The maximum atomic E-state index is 12.5. The number of carbonyl (C=O) groups excluding carboxylic acids is 4. The highest BCUT2D eigenvalue weighted by Crippen LogP contribution is 2.13. The summed E-state index contributed by atoms with van der Waals surface area (Å²) in [6, 6.07) is -1.77. The summed E-state index contributed by atoms with van der Waals surface area (Å²) in [5.41, 5.74) is 0. The summed E-state index contributed by atoms with van der Waals surface area (Å²) in [6.07, 6.45) is 0.371. The number of hydrogen-bond donors (Lipinski definition) is 2. The van der Waals surface area contributed by atoms with Crippen LogP contribution in [0.15, 0.2) is 0 Å². The Morgan fingerprint density at radius 2 is 1.54 bits per heavy atom. The second-order valence-corrected chi connectivity index (χ2v) is 6.15. The van der Waals surface area contributed by atoms with Crippen molar-refractivity contribution in [3.63, 3.8) is 0 Å². The molecule has 0 aliphatic heterocycles. The molecule has 0 unspecified atom stereocenters. The molecule has 138 valence electrons. The van der Waals surface area contributed by atoms with E-state index in [1.165, 1.54) is 21.1 Å². The lowest BCUT2D eigenvalue weighted by atomic mass is 9.96. The van der Waals surface area contributed by atoms with E-state index < -0.39 is 35.8 Å². The molecule has 0 saturated heterocycles. The summed E-state index contributed by atoms with van der Waals surface area (Å²) in [7, 11) is 2.45. The van der Waals surface area contributed by atoms with Gasteiger partial charge in [0.1, 0.15) is 12.1 Å². The maximum Gasteiger partial charge on any atom is 0.328 e. The fourth-order valence-corrected chi connectivity index (χ4v) is 2.23. The Morgan fingerprint density at radius 3 is 1.96 bits per heavy atom. The number of rotatable bonds is 9. The van der Waals surface area contributed by atoms with Crippen LogP contribution in [0.3, 0.4) is 0 Å². The summed E-state index contributed by atoms with van der Waals surface area (Å²) in [5, 5.41) is 5.14. The van der Waals surface area contributed by atoms with E-state index in [1.807, 2.05) is 13.8 Å². The largest absolute Gasteiger partial charge is 0.469 e. The second-order valence-electron chi connectivity index (χ2n) is 6.15. The molecule has 2 N–H and O–H groups in total. The lowest BCUT2D eigenvalue weighted by Gasteiger charge is -2.26. The molecule has 3 atom stereocenters. The van der Waals surface area contributed by atoms with Crippen LogP contribution >= 0.6 is 0 Å². The third kappa shape index (κ3) is 7.94. The average molecular weight is 344 g/mol. The fraction of sp³-hybridized carbons (Fsp3) is 0.750. The molecule has 0 heterocycles. The number of esters is 2. The number of methoxy groups -OCH3 is 2. The number of ether oxygens (including phenoxy) is 2. The molecule has 0 fully saturated rings. The Balaban J connectivity index is 5.14. The first-order valence-electron chi connectivity index (χ1n) is 7.84. The Hall–Kier alpha value is -2.12. The molecule has 0 aliphatic carbocycles. The number of amides is 2. The van der Waals surface area contributed by atoms with Gasteiger partial charge >= 0.3 is 11.9 Å². The first kappa shape index (κ1) is 21.9. The van der Waals surface area contributed by atoms with E-state index in [0.29, 0.717) is 6.42 Å². The van der Waals surface area contributed by atoms with Crippen LogP contribution < -0.4 is 10.6 Å². The Morgan fingerprint density at radius 1 is 0.958 bits per heavy atom. The van der Waals surface area contributed by atoms with Crippen molar-refractivity contribution in [1.82, 2.24) is 10.6 Å². The van der Waals surface area contributed by atoms with Crippen LogP contribution in [-0.4, -0.2) is 50.1 Å². The monoisotopic (exact) mass is 344 g/mol. The zero-order chi connectivity index (χ0) is 18.9. The van der Waals surface area contributed by atoms with E-state index >= 15 is 0 Å². The van der Waals surface area contributed by atoms with Crippen molar-refractivity contribution in [2.24, 2.45) is 11.8 Å². The third-order valence-electron chi connectivity index (χ3n) is 3.44. The van der Waals surface area contributed by atoms with E-state index in [2.05, 4.69) is 15.4 Å². The van der Waals surface area contributed by atoms with Crippen LogP contribution in [0.1, 0.15) is 40.5 Å². The minimum absolute atomic E-state index is 0.0501. The van der Waals surface area contributed by atoms with Crippen molar-refractivity contribution < 1.29 is 28.7 Å². The molecule has 0 aromatic rings. The van der Waals surface area contributed by atoms with Gasteiger partial charge in [0, 0.05) is 6.92 Å². The highest BCUT2D eigenvalue weighted by Gasteiger charge is 2.32. The van der Waals surface area contributed by atoms with Crippen molar-refractivity contribution in [3.05, 3.63) is 0 Å². The topological polar surface area (TPSA) is 111 Å². The summed E-state index contributed by atoms with van der Waals surface area (Å²) >= 11 is 0. The van der Waals surface area contributed by atoms with E-state index in [4.69, 9.17) is 4.74 Å². The van der Waals surface area contributed by atoms with Crippen molar-refractivity contribution >= 4 is 23.8 Å². The van der Waals surface area contributed by atoms with Gasteiger partial charge in [-0.1, -0.05) is 20.8 Å². The van der Waals surface area contributed by atoms with E-state index in [0.717, 1.165) is 0 Å². The predicted octanol–water partition coefficient (Wildman–Crippen LogP) is 0.394. The van der Waals surface area contributed by atoms with Crippen LogP contribution in [0.2, 0.25) is 0 Å². The summed E-state index contributed by atoms with van der Waals surface area (Å²) in [6.45, 7) is 6.78. The van der Waals surface area contributed by atoms with Gasteiger partial charge in [0.05, 0.1) is 20.6 Å². The maximum absolute atomic E-state index is 12.5. The average Bonchev–Trinajstić information content (AvgIpc) is 2.49. The van der Waals surface area contributed by atoms with E-state index in [9.17, 15) is 19.2 Å². The quantitative estimate of drug-likeness (QED) is 0.586. The lowest BCUT2D eigenvalue weighted by molar-refractivity contribution is -0.148. The predicted molar refractivity (Wildman–Crippen MR) is 86.8 cm³/mol. The van der Waals surface area contributed by atoms with Crippen LogP contribution in [0.4, 0.5) is 0 Å². The molecule has 2 amide bonds. The van der Waals surface area contributed by atoms with Gasteiger partial charge in [-0.2, -0.15) is 0 Å². The fourth-order valence-electron chi connectivity index (χ4n) is 2.23. The van der Waals surface area contributed by atoms with Gasteiger partial charge in [-0.15, -0.1) is 0 Å². The van der Waals surface area contributed by atoms with Crippen molar-refractivity contribution in [2.45, 2.75) is 52.6 Å². The second kappa shape index (κ2) is 10.6. The molecular weight excluding hydrogens is 316 g/mol. The summed E-state index contributed by atoms with van der Waals surface area (Å²) in [4.78, 5) is 47.1. The van der Waals surface area contributed by atoms with Crippen LogP contribution in [0.25, 0.3) is 0 Å². The smallest absolute Gasteiger partial charge is 0.328 e. The molecule has 0 rings (SSSR count). The molecular formula is C16H28N2O6. The summed E-state index contributed by atoms with van der Waals surface area (Å²) in [5.74, 6) is -2.35. The van der Waals surface area contributed by atoms with Crippen LogP contribution in [-0.2, 0) is 28.7 Å². The minimum atomic E-state index is -1.01. The standard InChI is InChI=1S/C16H28N2O6/c1-9(2)7-12(17-11(4)19)15(21)18-14(16(22)24-6)10(3)8-13(20)23-5/h9-10,12,14H,7-8H2,1-6H3,(H,17,19)(H,18,21)/t10-,12-,14+/m0/s1. The van der Waals surface area contributed by atoms with E-state index in [-0.39, 0.29) is 18.2 Å². The molecule has 0 saturated carbocycles. The van der Waals surface area contributed by atoms with Crippen LogP contribution in [0, 0.1) is 11.8 Å². The number of hydrogen-bond acceptors (Lipinski definition) is 6. The first-order valence-corrected chi connectivity index (χ1v) is 7.84. The van der Waals surface area contributed by atoms with Gasteiger partial charge in [0.15, 0.2) is 0 Å². The molecule has 0 aromatic heterocycles. The first-order chi connectivity index (χ1) is 11.1. The molecule has 8 nitrogen and oxygen atoms in total. The lowest BCUT2D eigenvalue weighted by Crippen LogP contribution is -2.54. The molecule has 24 heavy (non-hydrogen) atoms. The highest BCUT2D eigenvalue weighted by atomic mass is 16.5. The zero-order valence-electron chi connectivity index (χ0n) is 15.2. The van der Waals surface area contributed by atoms with Crippen molar-refractivity contribution in [1.29, 1.82) is 0 Å². The molecule has 0 radical (unpaired) electrons. The van der Waals surface area contributed by atoms with E-state index in [1.54, 1.807) is 6.92 Å². The Kier molecular flexibility index (Phi) is 9.68. The van der Waals surface area contributed by atoms with Gasteiger partial charge in [0.2, 0.25) is 11.8 Å². The van der Waals surface area contributed by atoms with Crippen LogP contribution in [0.5, 0.6) is 0 Å². The van der Waals surface area contributed by atoms with Gasteiger partial charge < -0.3 is 20.1 Å². The van der Waals surface area contributed by atoms with Gasteiger partial charge in [-0.25, -0.2) is 4.79 Å². The van der Waals surface area contributed by atoms with Gasteiger partial charge in [-0.05, 0) is 18.3 Å². The van der Waals surface area contributed by atoms with Crippen molar-refractivity contribution in [2.75, 3.05) is 14.2 Å².